The lowest BCUT2D eigenvalue weighted by Crippen LogP contribution is -2.62. The van der Waals surface area contributed by atoms with Crippen LogP contribution in [0, 0.1) is 0 Å². The summed E-state index contributed by atoms with van der Waals surface area (Å²) < 4.78 is 0. The molecule has 2 amide bonds. The van der Waals surface area contributed by atoms with Gasteiger partial charge in [0.2, 0.25) is 11.8 Å². The van der Waals surface area contributed by atoms with Gasteiger partial charge < -0.3 is 4.90 Å². The third-order valence-corrected chi connectivity index (χ3v) is 9.42. The zero-order chi connectivity index (χ0) is 24.3. The van der Waals surface area contributed by atoms with Gasteiger partial charge in [-0.3, -0.25) is 24.7 Å². The minimum atomic E-state index is -0.312. The molecule has 2 aromatic carbocycles. The first kappa shape index (κ1) is 23.6. The second kappa shape index (κ2) is 9.27. The smallest absolute Gasteiger partial charge is 0.243 e. The number of piperidine rings is 3. The van der Waals surface area contributed by atoms with Crippen molar-refractivity contribution in [1.29, 1.82) is 0 Å². The number of piperazine rings is 1. The lowest BCUT2D eigenvalue weighted by molar-refractivity contribution is -0.137. The molecule has 1 N–H and O–H groups in total. The second-order valence-electron chi connectivity index (χ2n) is 10.1. The first-order chi connectivity index (χ1) is 16.9. The van der Waals surface area contributed by atoms with Crippen LogP contribution in [0.3, 0.4) is 0 Å². The highest BCUT2D eigenvalue weighted by atomic mass is 35.5. The number of anilines is 1. The van der Waals surface area contributed by atoms with Crippen molar-refractivity contribution in [3.63, 3.8) is 0 Å². The zero-order valence-electron chi connectivity index (χ0n) is 19.3. The van der Waals surface area contributed by atoms with Gasteiger partial charge in [-0.05, 0) is 48.1 Å². The van der Waals surface area contributed by atoms with Gasteiger partial charge in [-0.25, -0.2) is 0 Å². The number of halogens is 2. The molecular weight excluding hydrogens is 503 g/mol. The molecular formula is C26H28Cl2N4O2S. The van der Waals surface area contributed by atoms with Crippen LogP contribution in [0.4, 0.5) is 5.69 Å². The number of nitrogens with zero attached hydrogens (tertiary/aromatic N) is 3. The van der Waals surface area contributed by atoms with E-state index in [9.17, 15) is 9.59 Å². The van der Waals surface area contributed by atoms with E-state index in [1.807, 2.05) is 12.1 Å². The molecule has 0 spiro atoms. The number of fused-ring (bicyclic) bond motifs is 4. The molecule has 0 saturated carbocycles. The molecule has 4 unspecified atom stereocenters. The summed E-state index contributed by atoms with van der Waals surface area (Å²) in [6, 6.07) is 13.1. The molecule has 0 aromatic heterocycles. The van der Waals surface area contributed by atoms with Gasteiger partial charge in [0, 0.05) is 44.7 Å². The van der Waals surface area contributed by atoms with Crippen LogP contribution >= 0.6 is 35.8 Å². The number of imide groups is 1. The van der Waals surface area contributed by atoms with Gasteiger partial charge in [0.05, 0.1) is 27.1 Å². The summed E-state index contributed by atoms with van der Waals surface area (Å²) in [4.78, 5) is 31.1. The first-order valence-corrected chi connectivity index (χ1v) is 13.5. The minimum Gasteiger partial charge on any atom is -0.364 e. The van der Waals surface area contributed by atoms with E-state index in [0.29, 0.717) is 41.5 Å². The van der Waals surface area contributed by atoms with Crippen molar-refractivity contribution in [1.82, 2.24) is 15.1 Å². The fourth-order valence-electron chi connectivity index (χ4n) is 6.24. The van der Waals surface area contributed by atoms with Crippen molar-refractivity contribution in [2.24, 2.45) is 0 Å². The van der Waals surface area contributed by atoms with Gasteiger partial charge in [-0.2, -0.15) is 12.6 Å². The molecule has 5 aliphatic rings. The highest BCUT2D eigenvalue weighted by Crippen LogP contribution is 2.41. The molecule has 7 rings (SSSR count). The summed E-state index contributed by atoms with van der Waals surface area (Å²) in [7, 11) is 0. The van der Waals surface area contributed by atoms with E-state index in [2.05, 4.69) is 44.3 Å². The third-order valence-electron chi connectivity index (χ3n) is 8.03. The molecule has 9 heteroatoms. The monoisotopic (exact) mass is 530 g/mol. The maximum Gasteiger partial charge on any atom is 0.243 e. The Hall–Kier alpha value is -1.77. The minimum absolute atomic E-state index is 0.134. The van der Waals surface area contributed by atoms with Crippen LogP contribution in [0.1, 0.15) is 47.7 Å². The molecule has 2 aromatic rings. The number of hydrogen-bond donors (Lipinski definition) is 2. The number of carbonyl (C=O) groups excluding carboxylic acids is 2. The van der Waals surface area contributed by atoms with Gasteiger partial charge in [0.25, 0.3) is 0 Å². The molecule has 6 nitrogen and oxygen atoms in total. The van der Waals surface area contributed by atoms with Gasteiger partial charge in [-0.1, -0.05) is 47.5 Å². The van der Waals surface area contributed by atoms with E-state index in [1.165, 1.54) is 17.5 Å². The van der Waals surface area contributed by atoms with E-state index in [4.69, 9.17) is 35.8 Å². The number of benzene rings is 2. The average Bonchev–Trinajstić information content (AvgIpc) is 3.17. The zero-order valence-corrected chi connectivity index (χ0v) is 21.7. The van der Waals surface area contributed by atoms with Gasteiger partial charge in [-0.15, -0.1) is 0 Å². The molecule has 0 radical (unpaired) electrons. The van der Waals surface area contributed by atoms with Crippen molar-refractivity contribution >= 4 is 53.3 Å². The van der Waals surface area contributed by atoms with Crippen molar-refractivity contribution in [2.75, 3.05) is 18.0 Å². The van der Waals surface area contributed by atoms with Gasteiger partial charge >= 0.3 is 0 Å². The summed E-state index contributed by atoms with van der Waals surface area (Å²) in [6.45, 7) is 3.54. The number of thiol groups is 1. The van der Waals surface area contributed by atoms with E-state index < -0.39 is 0 Å². The highest BCUT2D eigenvalue weighted by molar-refractivity contribution is 7.80. The number of rotatable bonds is 4. The van der Waals surface area contributed by atoms with Crippen LogP contribution in [0.25, 0.3) is 0 Å². The number of nitrogens with one attached hydrogen (secondary N) is 1. The van der Waals surface area contributed by atoms with Crippen molar-refractivity contribution < 1.29 is 9.59 Å². The summed E-state index contributed by atoms with van der Waals surface area (Å²) in [5.41, 5.74) is 4.71. The predicted molar refractivity (Wildman–Crippen MR) is 141 cm³/mol. The molecule has 35 heavy (non-hydrogen) atoms. The maximum absolute atomic E-state index is 12.4. The standard InChI is InChI=1S/C26H28Cl2N4O2S/c27-20-2-1-3-21(24(20)28)31-14-17-5-6-18(31)13-30(17)11-15-4-7-19-16(10-15)12-32(26(19)35)22-8-9-23(33)29-25(22)34/h1-4,7,10,17-18,22,26,35H,5-6,8-9,11-14H2,(H,29,33,34). The van der Waals surface area contributed by atoms with E-state index >= 15 is 0 Å². The Balaban J connectivity index is 1.15. The molecule has 184 valence electrons. The summed E-state index contributed by atoms with van der Waals surface area (Å²) in [5.74, 6) is -0.393. The van der Waals surface area contributed by atoms with Crippen LogP contribution in [0.15, 0.2) is 36.4 Å². The molecule has 4 saturated heterocycles. The van der Waals surface area contributed by atoms with E-state index in [-0.39, 0.29) is 23.2 Å². The Morgan fingerprint density at radius 3 is 2.63 bits per heavy atom. The molecule has 2 bridgehead atoms. The largest absolute Gasteiger partial charge is 0.364 e. The Kier molecular flexibility index (Phi) is 6.26. The predicted octanol–water partition coefficient (Wildman–Crippen LogP) is 4.40. The second-order valence-corrected chi connectivity index (χ2v) is 11.4. The number of amides is 2. The normalized spacial score (nSPS) is 28.9. The molecule has 0 aliphatic carbocycles. The third kappa shape index (κ3) is 4.25. The first-order valence-electron chi connectivity index (χ1n) is 12.2. The lowest BCUT2D eigenvalue weighted by atomic mass is 9.89. The van der Waals surface area contributed by atoms with Crippen molar-refractivity contribution in [3.05, 3.63) is 63.1 Å². The van der Waals surface area contributed by atoms with E-state index in [1.54, 1.807) is 0 Å². The van der Waals surface area contributed by atoms with Crippen LogP contribution in [-0.4, -0.2) is 52.8 Å². The Labute approximate surface area is 220 Å². The Bertz CT molecular complexity index is 1190. The lowest BCUT2D eigenvalue weighted by Gasteiger charge is -2.52. The quantitative estimate of drug-likeness (QED) is 0.453. The highest BCUT2D eigenvalue weighted by Gasteiger charge is 2.41. The molecule has 4 fully saturated rings. The van der Waals surface area contributed by atoms with Crippen LogP contribution in [-0.2, 0) is 22.7 Å². The topological polar surface area (TPSA) is 55.9 Å². The van der Waals surface area contributed by atoms with Gasteiger partial charge in [0.15, 0.2) is 0 Å². The van der Waals surface area contributed by atoms with Crippen LogP contribution in [0.5, 0.6) is 0 Å². The fourth-order valence-corrected chi connectivity index (χ4v) is 7.14. The van der Waals surface area contributed by atoms with E-state index in [0.717, 1.165) is 37.3 Å². The summed E-state index contributed by atoms with van der Waals surface area (Å²) in [6.07, 6.45) is 3.28. The van der Waals surface area contributed by atoms with Crippen LogP contribution < -0.4 is 10.2 Å². The molecule has 4 atom stereocenters. The average molecular weight is 532 g/mol. The molecule has 5 aliphatic heterocycles. The number of carbonyl (C=O) groups is 2. The fraction of sp³-hybridized carbons (Fsp3) is 0.462. The number of hydrogen-bond acceptors (Lipinski definition) is 6. The summed E-state index contributed by atoms with van der Waals surface area (Å²) in [5, 5.41) is 3.60. The summed E-state index contributed by atoms with van der Waals surface area (Å²) >= 11 is 17.7. The van der Waals surface area contributed by atoms with Gasteiger partial charge in [0.1, 0.15) is 0 Å². The Morgan fingerprint density at radius 1 is 1.03 bits per heavy atom. The van der Waals surface area contributed by atoms with Crippen molar-refractivity contribution in [3.8, 4) is 0 Å². The maximum atomic E-state index is 12.4. The van der Waals surface area contributed by atoms with Crippen LogP contribution in [0.2, 0.25) is 10.0 Å². The Morgan fingerprint density at radius 2 is 1.86 bits per heavy atom. The molecule has 5 heterocycles. The van der Waals surface area contributed by atoms with Crippen molar-refractivity contribution in [2.45, 2.75) is 62.3 Å². The SMILES string of the molecule is O=C1CCC(N2Cc3cc(CN4CC5CCC4CN5c4cccc(Cl)c4Cl)ccc3C2S)C(=O)N1.